The van der Waals surface area contributed by atoms with E-state index >= 15 is 0 Å². The maximum atomic E-state index is 11.6. The van der Waals surface area contributed by atoms with Crippen LogP contribution >= 0.6 is 0 Å². The van der Waals surface area contributed by atoms with Crippen molar-refractivity contribution in [1.82, 2.24) is 0 Å². The lowest BCUT2D eigenvalue weighted by Gasteiger charge is -2.49. The molecule has 162 valence electrons. The summed E-state index contributed by atoms with van der Waals surface area (Å²) < 4.78 is 25.6. The molecule has 3 fully saturated rings. The summed E-state index contributed by atoms with van der Waals surface area (Å²) in [4.78, 5) is 11.6. The second-order valence-electron chi connectivity index (χ2n) is 9.32. The van der Waals surface area contributed by atoms with E-state index in [-0.39, 0.29) is 12.1 Å². The minimum absolute atomic E-state index is 0.156. The van der Waals surface area contributed by atoms with Crippen LogP contribution < -0.4 is 0 Å². The highest BCUT2D eigenvalue weighted by Gasteiger charge is 2.50. The van der Waals surface area contributed by atoms with Crippen LogP contribution in [0.1, 0.15) is 47.5 Å². The lowest BCUT2D eigenvalue weighted by Crippen LogP contribution is -2.66. The van der Waals surface area contributed by atoms with Crippen molar-refractivity contribution >= 4 is 14.8 Å². The quantitative estimate of drug-likeness (QED) is 0.190. The zero-order valence-electron chi connectivity index (χ0n) is 18.5. The molecule has 0 aromatic rings. The van der Waals surface area contributed by atoms with Gasteiger partial charge in [0.2, 0.25) is 0 Å². The Morgan fingerprint density at radius 3 is 2.36 bits per heavy atom. The molecule has 0 amide bonds. The molecule has 3 aliphatic rings. The minimum Gasteiger partial charge on any atom is -0.462 e. The first-order valence-corrected chi connectivity index (χ1v) is 12.7. The van der Waals surface area contributed by atoms with Crippen LogP contribution in [-0.4, -0.2) is 71.4 Å². The molecule has 0 aliphatic carbocycles. The van der Waals surface area contributed by atoms with Gasteiger partial charge in [-0.05, 0) is 25.7 Å². The molecule has 3 heterocycles. The Kier molecular flexibility index (Phi) is 8.70. The third kappa shape index (κ3) is 6.95. The van der Waals surface area contributed by atoms with Crippen LogP contribution in [-0.2, 0) is 22.8 Å². The number of fused-ring (bicyclic) bond motifs is 6. The Morgan fingerprint density at radius 2 is 1.82 bits per heavy atom. The Hall–Kier alpha value is -0.733. The van der Waals surface area contributed by atoms with Gasteiger partial charge in [-0.15, -0.1) is 0 Å². The summed E-state index contributed by atoms with van der Waals surface area (Å²) in [7, 11) is -2.75. The van der Waals surface area contributed by atoms with E-state index in [1.54, 1.807) is 6.92 Å². The fourth-order valence-corrected chi connectivity index (χ4v) is 7.06. The molecule has 0 radical (unpaired) electrons. The molecule has 7 heteroatoms. The van der Waals surface area contributed by atoms with E-state index < -0.39 is 8.80 Å². The van der Waals surface area contributed by atoms with Gasteiger partial charge in [0.15, 0.2) is 0 Å². The minimum atomic E-state index is -2.75. The van der Waals surface area contributed by atoms with E-state index in [4.69, 9.17) is 18.0 Å². The lowest BCUT2D eigenvalue weighted by atomic mass is 10.0. The van der Waals surface area contributed by atoms with Gasteiger partial charge in [-0.1, -0.05) is 34.3 Å². The standard InChI is InChI=1S/C21H40NO5Si/c1-17(2)14-20-16-22(15-18(3)4)8-11-25-28(27-20,26-12-9-22)13-7-10-24-21(23)19(5)6/h17-18,20H,5,7-16H2,1-4,6H3/q+1. The largest absolute Gasteiger partial charge is 0.501 e. The molecule has 3 rings (SSSR count). The Labute approximate surface area is 172 Å². The van der Waals surface area contributed by atoms with Crippen molar-refractivity contribution in [3.63, 3.8) is 0 Å². The number of ether oxygens (including phenoxy) is 1. The number of hydrogen-bond donors (Lipinski definition) is 0. The molecule has 0 aromatic carbocycles. The van der Waals surface area contributed by atoms with Crippen LogP contribution in [0.2, 0.25) is 6.04 Å². The van der Waals surface area contributed by atoms with Crippen LogP contribution in [0.4, 0.5) is 0 Å². The lowest BCUT2D eigenvalue weighted by molar-refractivity contribution is -0.935. The van der Waals surface area contributed by atoms with Gasteiger partial charge >= 0.3 is 14.8 Å². The zero-order chi connectivity index (χ0) is 20.8. The molecule has 0 saturated carbocycles. The molecule has 1 unspecified atom stereocenters. The number of carbonyl (C=O) groups excluding carboxylic acids is 1. The smallest absolute Gasteiger partial charge is 0.462 e. The van der Waals surface area contributed by atoms with Crippen LogP contribution in [0, 0.1) is 11.8 Å². The Bertz CT molecular complexity index is 527. The van der Waals surface area contributed by atoms with Crippen molar-refractivity contribution in [3.05, 3.63) is 12.2 Å². The number of nitrogens with zero attached hydrogens (tertiary/aromatic N) is 1. The van der Waals surface area contributed by atoms with E-state index in [0.29, 0.717) is 49.7 Å². The monoisotopic (exact) mass is 414 g/mol. The molecule has 28 heavy (non-hydrogen) atoms. The summed E-state index contributed by atoms with van der Waals surface area (Å²) in [5.74, 6) is 0.849. The molecule has 3 saturated heterocycles. The first-order chi connectivity index (χ1) is 13.2. The highest BCUT2D eigenvalue weighted by Crippen LogP contribution is 2.30. The summed E-state index contributed by atoms with van der Waals surface area (Å²) in [5.41, 5.74) is 0.423. The number of rotatable bonds is 9. The van der Waals surface area contributed by atoms with Crippen molar-refractivity contribution in [3.8, 4) is 0 Å². The second kappa shape index (κ2) is 10.3. The Morgan fingerprint density at radius 1 is 1.18 bits per heavy atom. The third-order valence-corrected chi connectivity index (χ3v) is 8.35. The van der Waals surface area contributed by atoms with Gasteiger partial charge in [0.25, 0.3) is 0 Å². The molecule has 2 bridgehead atoms. The Balaban J connectivity index is 2.07. The number of hydrogen-bond acceptors (Lipinski definition) is 5. The first kappa shape index (κ1) is 23.5. The fraction of sp³-hybridized carbons (Fsp3) is 0.857. The maximum absolute atomic E-state index is 11.6. The zero-order valence-corrected chi connectivity index (χ0v) is 19.5. The van der Waals surface area contributed by atoms with Crippen molar-refractivity contribution in [2.24, 2.45) is 11.8 Å². The van der Waals surface area contributed by atoms with Gasteiger partial charge in [-0.3, -0.25) is 0 Å². The first-order valence-electron chi connectivity index (χ1n) is 10.8. The molecular weight excluding hydrogens is 374 g/mol. The van der Waals surface area contributed by atoms with Crippen LogP contribution in [0.5, 0.6) is 0 Å². The molecule has 3 aliphatic heterocycles. The van der Waals surface area contributed by atoms with Gasteiger partial charge in [0, 0.05) is 17.5 Å². The molecule has 0 aromatic heterocycles. The van der Waals surface area contributed by atoms with Crippen molar-refractivity contribution in [1.29, 1.82) is 0 Å². The number of carbonyl (C=O) groups is 1. The summed E-state index contributed by atoms with van der Waals surface area (Å²) in [6.07, 6.45) is 1.86. The average molecular weight is 415 g/mol. The van der Waals surface area contributed by atoms with Gasteiger partial charge in [-0.2, -0.15) is 0 Å². The van der Waals surface area contributed by atoms with Gasteiger partial charge in [-0.25, -0.2) is 4.79 Å². The molecular formula is C21H40NO5Si+. The molecule has 1 atom stereocenters. The highest BCUT2D eigenvalue weighted by atomic mass is 28.4. The average Bonchev–Trinajstić information content (AvgIpc) is 2.53. The van der Waals surface area contributed by atoms with Crippen LogP contribution in [0.25, 0.3) is 0 Å². The third-order valence-electron chi connectivity index (χ3n) is 5.41. The van der Waals surface area contributed by atoms with E-state index in [1.807, 2.05) is 0 Å². The van der Waals surface area contributed by atoms with E-state index in [9.17, 15) is 4.79 Å². The van der Waals surface area contributed by atoms with E-state index in [0.717, 1.165) is 37.1 Å². The van der Waals surface area contributed by atoms with Crippen LogP contribution in [0.3, 0.4) is 0 Å². The fourth-order valence-electron chi connectivity index (χ4n) is 4.38. The van der Waals surface area contributed by atoms with Gasteiger partial charge in [0.05, 0.1) is 32.5 Å². The normalized spacial score (nSPS) is 30.8. The SMILES string of the molecule is C=C(C)C(=O)OCCC[Si]12OCC[N+](CC(C)C)(CCO1)CC(CC(C)C)O2. The molecule has 0 spiro atoms. The topological polar surface area (TPSA) is 54.0 Å². The summed E-state index contributed by atoms with van der Waals surface area (Å²) >= 11 is 0. The molecule has 6 nitrogen and oxygen atoms in total. The summed E-state index contributed by atoms with van der Waals surface area (Å²) in [6, 6.07) is 0.690. The van der Waals surface area contributed by atoms with Gasteiger partial charge in [0.1, 0.15) is 19.6 Å². The molecule has 0 N–H and O–H groups in total. The predicted molar refractivity (Wildman–Crippen MR) is 112 cm³/mol. The van der Waals surface area contributed by atoms with Crippen molar-refractivity contribution in [2.75, 3.05) is 46.0 Å². The van der Waals surface area contributed by atoms with E-state index in [1.165, 1.54) is 0 Å². The second-order valence-corrected chi connectivity index (χ2v) is 12.0. The number of esters is 1. The summed E-state index contributed by atoms with van der Waals surface area (Å²) in [5, 5.41) is 0. The number of quaternary nitrogens is 1. The summed E-state index contributed by atoms with van der Waals surface area (Å²) in [6.45, 7) is 20.3. The highest BCUT2D eigenvalue weighted by molar-refractivity contribution is 6.60. The van der Waals surface area contributed by atoms with E-state index in [2.05, 4.69) is 34.3 Å². The predicted octanol–water partition coefficient (Wildman–Crippen LogP) is 3.40. The maximum Gasteiger partial charge on any atom is 0.501 e. The van der Waals surface area contributed by atoms with Crippen molar-refractivity contribution < 1.29 is 27.3 Å². The van der Waals surface area contributed by atoms with Crippen molar-refractivity contribution in [2.45, 2.75) is 59.6 Å². The van der Waals surface area contributed by atoms with Gasteiger partial charge < -0.3 is 22.5 Å². The van der Waals surface area contributed by atoms with Crippen LogP contribution in [0.15, 0.2) is 12.2 Å².